The van der Waals surface area contributed by atoms with Crippen molar-refractivity contribution in [1.29, 1.82) is 0 Å². The van der Waals surface area contributed by atoms with Crippen LogP contribution >= 0.6 is 0 Å². The first-order chi connectivity index (χ1) is 12.5. The average Bonchev–Trinajstić information content (AvgIpc) is 3.03. The summed E-state index contributed by atoms with van der Waals surface area (Å²) in [4.78, 5) is 29.6. The molecule has 3 N–H and O–H groups in total. The fourth-order valence-corrected chi connectivity index (χ4v) is 3.61. The molecule has 2 saturated heterocycles. The number of amides is 2. The maximum atomic E-state index is 13.3. The Morgan fingerprint density at radius 2 is 1.92 bits per heavy atom. The van der Waals surface area contributed by atoms with E-state index in [0.717, 1.165) is 18.8 Å². The molecular formula is C19H28N4O3. The van der Waals surface area contributed by atoms with E-state index in [1.54, 1.807) is 4.90 Å². The van der Waals surface area contributed by atoms with Crippen LogP contribution in [0.2, 0.25) is 0 Å². The number of nitrogens with two attached hydrogens (primary N) is 1. The molecule has 142 valence electrons. The van der Waals surface area contributed by atoms with Crippen molar-refractivity contribution < 1.29 is 14.3 Å². The van der Waals surface area contributed by atoms with Crippen LogP contribution in [0.15, 0.2) is 24.3 Å². The normalized spacial score (nSPS) is 23.4. The number of likely N-dealkylation sites (tertiary alicyclic amines) is 1. The number of morpholine rings is 1. The molecule has 0 radical (unpaired) electrons. The fourth-order valence-electron chi connectivity index (χ4n) is 3.61. The number of hydrogen-bond acceptors (Lipinski definition) is 5. The van der Waals surface area contributed by atoms with E-state index in [1.165, 1.54) is 0 Å². The lowest BCUT2D eigenvalue weighted by molar-refractivity contribution is -0.125. The molecule has 0 aliphatic carbocycles. The van der Waals surface area contributed by atoms with Gasteiger partial charge in [-0.2, -0.15) is 0 Å². The van der Waals surface area contributed by atoms with E-state index in [9.17, 15) is 9.59 Å². The molecule has 2 amide bonds. The Bertz CT molecular complexity index is 658. The van der Waals surface area contributed by atoms with Crippen molar-refractivity contribution in [2.45, 2.75) is 38.4 Å². The number of carbonyl (C=O) groups is 2. The van der Waals surface area contributed by atoms with Crippen molar-refractivity contribution in [3.8, 4) is 0 Å². The van der Waals surface area contributed by atoms with Crippen LogP contribution in [0.4, 0.5) is 5.69 Å². The average molecular weight is 360 g/mol. The first kappa shape index (κ1) is 18.7. The van der Waals surface area contributed by atoms with Gasteiger partial charge in [-0.05, 0) is 32.4 Å². The summed E-state index contributed by atoms with van der Waals surface area (Å²) in [6.07, 6.45) is 0.490. The zero-order valence-corrected chi connectivity index (χ0v) is 15.5. The number of rotatable bonds is 4. The third kappa shape index (κ3) is 3.99. The van der Waals surface area contributed by atoms with Gasteiger partial charge in [-0.3, -0.25) is 9.59 Å². The SMILES string of the molecule is CC(C)NC(=O)[C@@H]1C[C@@H](N)CN1C(=O)c1ccccc1N1CCOCC1. The molecule has 2 aliphatic heterocycles. The topological polar surface area (TPSA) is 87.9 Å². The smallest absolute Gasteiger partial charge is 0.256 e. The molecule has 0 aromatic heterocycles. The number of nitrogens with one attached hydrogen (secondary N) is 1. The highest BCUT2D eigenvalue weighted by molar-refractivity contribution is 6.02. The lowest BCUT2D eigenvalue weighted by Crippen LogP contribution is -2.48. The van der Waals surface area contributed by atoms with E-state index < -0.39 is 6.04 Å². The Morgan fingerprint density at radius 1 is 1.23 bits per heavy atom. The molecule has 0 saturated carbocycles. The van der Waals surface area contributed by atoms with Crippen LogP contribution in [-0.4, -0.2) is 67.7 Å². The van der Waals surface area contributed by atoms with Gasteiger partial charge in [0.15, 0.2) is 0 Å². The first-order valence-corrected chi connectivity index (χ1v) is 9.26. The third-order valence-corrected chi connectivity index (χ3v) is 4.81. The highest BCUT2D eigenvalue weighted by Crippen LogP contribution is 2.26. The monoisotopic (exact) mass is 360 g/mol. The molecule has 0 spiro atoms. The second kappa shape index (κ2) is 8.05. The van der Waals surface area contributed by atoms with Crippen LogP contribution in [0.3, 0.4) is 0 Å². The quantitative estimate of drug-likeness (QED) is 0.821. The lowest BCUT2D eigenvalue weighted by atomic mass is 10.1. The third-order valence-electron chi connectivity index (χ3n) is 4.81. The van der Waals surface area contributed by atoms with Crippen molar-refractivity contribution in [2.24, 2.45) is 5.73 Å². The van der Waals surface area contributed by atoms with E-state index in [-0.39, 0.29) is 23.9 Å². The maximum Gasteiger partial charge on any atom is 0.256 e. The number of hydrogen-bond donors (Lipinski definition) is 2. The molecule has 2 heterocycles. The van der Waals surface area contributed by atoms with Crippen LogP contribution < -0.4 is 16.0 Å². The van der Waals surface area contributed by atoms with Crippen molar-refractivity contribution in [2.75, 3.05) is 37.7 Å². The zero-order valence-electron chi connectivity index (χ0n) is 15.5. The van der Waals surface area contributed by atoms with Crippen LogP contribution in [0, 0.1) is 0 Å². The van der Waals surface area contributed by atoms with Crippen LogP contribution in [-0.2, 0) is 9.53 Å². The molecule has 1 aromatic rings. The molecule has 2 fully saturated rings. The van der Waals surface area contributed by atoms with Gasteiger partial charge in [-0.25, -0.2) is 0 Å². The van der Waals surface area contributed by atoms with Crippen molar-refractivity contribution in [3.63, 3.8) is 0 Å². The largest absolute Gasteiger partial charge is 0.378 e. The molecule has 7 heteroatoms. The molecule has 0 unspecified atom stereocenters. The summed E-state index contributed by atoms with van der Waals surface area (Å²) in [5, 5.41) is 2.90. The predicted molar refractivity (Wildman–Crippen MR) is 100 cm³/mol. The van der Waals surface area contributed by atoms with E-state index in [4.69, 9.17) is 10.5 Å². The van der Waals surface area contributed by atoms with Crippen LogP contribution in [0.1, 0.15) is 30.6 Å². The Labute approximate surface area is 154 Å². The van der Waals surface area contributed by atoms with Crippen molar-refractivity contribution in [1.82, 2.24) is 10.2 Å². The van der Waals surface area contributed by atoms with Gasteiger partial charge in [-0.15, -0.1) is 0 Å². The van der Waals surface area contributed by atoms with E-state index in [2.05, 4.69) is 10.2 Å². The van der Waals surface area contributed by atoms with Crippen LogP contribution in [0.5, 0.6) is 0 Å². The minimum Gasteiger partial charge on any atom is -0.378 e. The summed E-state index contributed by atoms with van der Waals surface area (Å²) in [6, 6.07) is 6.90. The van der Waals surface area contributed by atoms with E-state index in [1.807, 2.05) is 38.1 Å². The number of benzene rings is 1. The Balaban J connectivity index is 1.84. The number of para-hydroxylation sites is 1. The van der Waals surface area contributed by atoms with Gasteiger partial charge in [0.1, 0.15) is 6.04 Å². The van der Waals surface area contributed by atoms with Gasteiger partial charge in [0.2, 0.25) is 5.91 Å². The molecule has 2 atom stereocenters. The minimum absolute atomic E-state index is 0.0249. The number of ether oxygens (including phenoxy) is 1. The van der Waals surface area contributed by atoms with Gasteiger partial charge in [0.25, 0.3) is 5.91 Å². The Morgan fingerprint density at radius 3 is 2.62 bits per heavy atom. The highest BCUT2D eigenvalue weighted by atomic mass is 16.5. The highest BCUT2D eigenvalue weighted by Gasteiger charge is 2.39. The predicted octanol–water partition coefficient (Wildman–Crippen LogP) is 0.590. The summed E-state index contributed by atoms with van der Waals surface area (Å²) >= 11 is 0. The number of carbonyl (C=O) groups excluding carboxylic acids is 2. The van der Waals surface area contributed by atoms with E-state index >= 15 is 0 Å². The van der Waals surface area contributed by atoms with Crippen molar-refractivity contribution >= 4 is 17.5 Å². The first-order valence-electron chi connectivity index (χ1n) is 9.26. The van der Waals surface area contributed by atoms with Gasteiger partial charge in [0, 0.05) is 37.4 Å². The minimum atomic E-state index is -0.516. The lowest BCUT2D eigenvalue weighted by Gasteiger charge is -2.32. The van der Waals surface area contributed by atoms with Crippen LogP contribution in [0.25, 0.3) is 0 Å². The standard InChI is InChI=1S/C19H28N4O3/c1-13(2)21-18(24)17-11-14(20)12-23(17)19(25)15-5-3-4-6-16(15)22-7-9-26-10-8-22/h3-6,13-14,17H,7-12,20H2,1-2H3,(H,21,24)/t14-,17+/m1/s1. The Kier molecular flexibility index (Phi) is 5.78. The molecule has 0 bridgehead atoms. The van der Waals surface area contributed by atoms with E-state index in [0.29, 0.717) is 31.7 Å². The zero-order chi connectivity index (χ0) is 18.7. The second-order valence-electron chi connectivity index (χ2n) is 7.25. The fraction of sp³-hybridized carbons (Fsp3) is 0.579. The second-order valence-corrected chi connectivity index (χ2v) is 7.25. The molecule has 3 rings (SSSR count). The summed E-state index contributed by atoms with van der Waals surface area (Å²) in [6.45, 7) is 7.01. The summed E-state index contributed by atoms with van der Waals surface area (Å²) < 4.78 is 5.41. The molecular weight excluding hydrogens is 332 g/mol. The molecule has 7 nitrogen and oxygen atoms in total. The maximum absolute atomic E-state index is 13.3. The van der Waals surface area contributed by atoms with Crippen molar-refractivity contribution in [3.05, 3.63) is 29.8 Å². The van der Waals surface area contributed by atoms with Gasteiger partial charge in [-0.1, -0.05) is 12.1 Å². The number of nitrogens with zero attached hydrogens (tertiary/aromatic N) is 2. The molecule has 1 aromatic carbocycles. The van der Waals surface area contributed by atoms with Gasteiger partial charge < -0.3 is 25.6 Å². The Hall–Kier alpha value is -2.12. The number of anilines is 1. The van der Waals surface area contributed by atoms with Gasteiger partial charge in [0.05, 0.1) is 18.8 Å². The summed E-state index contributed by atoms with van der Waals surface area (Å²) in [7, 11) is 0. The van der Waals surface area contributed by atoms with Gasteiger partial charge >= 0.3 is 0 Å². The summed E-state index contributed by atoms with van der Waals surface area (Å²) in [5.74, 6) is -0.269. The molecule has 26 heavy (non-hydrogen) atoms. The summed E-state index contributed by atoms with van der Waals surface area (Å²) in [5.41, 5.74) is 7.59. The molecule has 2 aliphatic rings.